The van der Waals surface area contributed by atoms with Crippen molar-refractivity contribution in [3.63, 3.8) is 0 Å². The van der Waals surface area contributed by atoms with Crippen LogP contribution in [0.15, 0.2) is 15.7 Å². The molecule has 0 radical (unpaired) electrons. The molecule has 0 aromatic carbocycles. The van der Waals surface area contributed by atoms with Crippen molar-refractivity contribution in [3.8, 4) is 0 Å². The van der Waals surface area contributed by atoms with Crippen LogP contribution in [-0.2, 0) is 19.4 Å². The van der Waals surface area contributed by atoms with E-state index in [2.05, 4.69) is 4.98 Å². The number of carbonyl (C=O) groups is 1. The Morgan fingerprint density at radius 3 is 2.53 bits per heavy atom. The molecule has 3 N–H and O–H groups in total. The largest absolute Gasteiger partial charge is 0.383 e. The van der Waals surface area contributed by atoms with Crippen LogP contribution in [0.5, 0.6) is 0 Å². The van der Waals surface area contributed by atoms with Gasteiger partial charge in [0.1, 0.15) is 5.82 Å². The van der Waals surface area contributed by atoms with Crippen molar-refractivity contribution in [1.82, 2.24) is 9.55 Å². The molecule has 0 bridgehead atoms. The Bertz CT molecular complexity index is 1010. The number of anilines is 2. The van der Waals surface area contributed by atoms with Gasteiger partial charge in [-0.05, 0) is 49.1 Å². The zero-order valence-electron chi connectivity index (χ0n) is 18.3. The van der Waals surface area contributed by atoms with Gasteiger partial charge >= 0.3 is 5.69 Å². The van der Waals surface area contributed by atoms with E-state index in [0.717, 1.165) is 25.7 Å². The number of hydrogen-bond donors (Lipinski definition) is 2. The summed E-state index contributed by atoms with van der Waals surface area (Å²) in [6, 6.07) is 1.98. The van der Waals surface area contributed by atoms with E-state index in [-0.39, 0.29) is 29.2 Å². The Labute approximate surface area is 180 Å². The highest BCUT2D eigenvalue weighted by molar-refractivity contribution is 7.14. The molecule has 0 saturated carbocycles. The van der Waals surface area contributed by atoms with Crippen LogP contribution in [0, 0.1) is 11.8 Å². The number of nitrogens with one attached hydrogen (secondary N) is 1. The number of thiophene rings is 1. The van der Waals surface area contributed by atoms with E-state index in [4.69, 9.17) is 5.73 Å². The van der Waals surface area contributed by atoms with Crippen molar-refractivity contribution < 1.29 is 4.79 Å². The third kappa shape index (κ3) is 4.69. The first-order chi connectivity index (χ1) is 14.2. The van der Waals surface area contributed by atoms with E-state index in [1.807, 2.05) is 33.8 Å². The zero-order valence-corrected chi connectivity index (χ0v) is 19.1. The fourth-order valence-corrected chi connectivity index (χ4v) is 5.13. The van der Waals surface area contributed by atoms with E-state index >= 15 is 0 Å². The number of nitrogens with two attached hydrogens (primary N) is 1. The van der Waals surface area contributed by atoms with E-state index in [1.165, 1.54) is 37.7 Å². The number of aromatic nitrogens is 2. The highest BCUT2D eigenvalue weighted by Crippen LogP contribution is 2.31. The van der Waals surface area contributed by atoms with Crippen LogP contribution in [0.4, 0.5) is 11.5 Å². The minimum atomic E-state index is -0.621. The molecule has 1 aliphatic rings. The number of H-pyrrole nitrogens is 1. The number of aromatic amines is 1. The van der Waals surface area contributed by atoms with E-state index in [1.54, 1.807) is 0 Å². The smallest absolute Gasteiger partial charge is 0.330 e. The average molecular weight is 433 g/mol. The normalized spacial score (nSPS) is 14.1. The second kappa shape index (κ2) is 9.20. The Morgan fingerprint density at radius 2 is 1.87 bits per heavy atom. The summed E-state index contributed by atoms with van der Waals surface area (Å²) in [7, 11) is 0. The number of aryl methyl sites for hydroxylation is 2. The molecule has 7 nitrogen and oxygen atoms in total. The van der Waals surface area contributed by atoms with Gasteiger partial charge in [-0.25, -0.2) is 4.79 Å². The molecule has 1 amide bonds. The third-order valence-corrected chi connectivity index (χ3v) is 6.51. The molecule has 30 heavy (non-hydrogen) atoms. The van der Waals surface area contributed by atoms with Gasteiger partial charge in [0, 0.05) is 18.0 Å². The summed E-state index contributed by atoms with van der Waals surface area (Å²) in [6.07, 6.45) is 5.49. The molecule has 0 saturated heterocycles. The molecule has 8 heteroatoms. The number of nitrogens with zero attached hydrogens (tertiary/aromatic N) is 2. The van der Waals surface area contributed by atoms with Crippen LogP contribution in [0.1, 0.15) is 67.1 Å². The van der Waals surface area contributed by atoms with E-state index < -0.39 is 11.2 Å². The maximum atomic E-state index is 13.5. The van der Waals surface area contributed by atoms with Gasteiger partial charge in [-0.2, -0.15) is 0 Å². The average Bonchev–Trinajstić information content (AvgIpc) is 2.93. The standard InChI is InChI=1S/C22H32N4O3S/c1-13(2)11-25(18-19(23)26(12-14(3)4)22(29)24-20(18)27)21(28)17-10-15-8-6-5-7-9-16(15)30-17/h10,13-14H,5-9,11-12,23H2,1-4H3,(H,24,27,29). The van der Waals surface area contributed by atoms with Crippen LogP contribution in [-0.4, -0.2) is 22.0 Å². The number of fused-ring (bicyclic) bond motifs is 1. The van der Waals surface area contributed by atoms with Crippen molar-refractivity contribution in [3.05, 3.63) is 42.2 Å². The van der Waals surface area contributed by atoms with Crippen LogP contribution in [0.2, 0.25) is 0 Å². The Morgan fingerprint density at radius 1 is 1.17 bits per heavy atom. The van der Waals surface area contributed by atoms with E-state index in [9.17, 15) is 14.4 Å². The summed E-state index contributed by atoms with van der Waals surface area (Å²) in [5, 5.41) is 0. The summed E-state index contributed by atoms with van der Waals surface area (Å²) < 4.78 is 1.35. The van der Waals surface area contributed by atoms with Crippen molar-refractivity contribution in [1.29, 1.82) is 0 Å². The molecule has 1 aliphatic carbocycles. The molecular formula is C22H32N4O3S. The summed E-state index contributed by atoms with van der Waals surface area (Å²) in [5.74, 6) is 0.0975. The Kier molecular flexibility index (Phi) is 6.85. The summed E-state index contributed by atoms with van der Waals surface area (Å²) in [5.41, 5.74) is 6.44. The van der Waals surface area contributed by atoms with E-state index in [0.29, 0.717) is 18.0 Å². The van der Waals surface area contributed by atoms with Gasteiger partial charge in [0.25, 0.3) is 11.5 Å². The van der Waals surface area contributed by atoms with Gasteiger partial charge in [-0.1, -0.05) is 34.1 Å². The number of rotatable bonds is 6. The summed E-state index contributed by atoms with van der Waals surface area (Å²) in [4.78, 5) is 44.3. The lowest BCUT2D eigenvalue weighted by molar-refractivity contribution is 0.0987. The van der Waals surface area contributed by atoms with Crippen molar-refractivity contribution in [2.45, 2.75) is 66.3 Å². The monoisotopic (exact) mass is 432 g/mol. The highest BCUT2D eigenvalue weighted by Gasteiger charge is 2.28. The minimum absolute atomic E-state index is 0.0459. The lowest BCUT2D eigenvalue weighted by Gasteiger charge is -2.26. The molecular weight excluding hydrogens is 400 g/mol. The van der Waals surface area contributed by atoms with Gasteiger partial charge in [0.15, 0.2) is 5.69 Å². The lowest BCUT2D eigenvalue weighted by atomic mass is 10.1. The fraction of sp³-hybridized carbons (Fsp3) is 0.591. The zero-order chi connectivity index (χ0) is 22.0. The molecule has 0 unspecified atom stereocenters. The first-order valence-electron chi connectivity index (χ1n) is 10.7. The molecule has 0 spiro atoms. The second-order valence-corrected chi connectivity index (χ2v) is 10.1. The van der Waals surface area contributed by atoms with Crippen LogP contribution < -0.4 is 21.9 Å². The summed E-state index contributed by atoms with van der Waals surface area (Å²) in [6.45, 7) is 8.61. The van der Waals surface area contributed by atoms with Gasteiger partial charge < -0.3 is 5.73 Å². The highest BCUT2D eigenvalue weighted by atomic mass is 32.1. The molecule has 0 aliphatic heterocycles. The maximum absolute atomic E-state index is 13.5. The predicted molar refractivity (Wildman–Crippen MR) is 123 cm³/mol. The first kappa shape index (κ1) is 22.3. The second-order valence-electron chi connectivity index (χ2n) is 8.93. The summed E-state index contributed by atoms with van der Waals surface area (Å²) >= 11 is 1.52. The van der Waals surface area contributed by atoms with Gasteiger partial charge in [0.2, 0.25) is 0 Å². The van der Waals surface area contributed by atoms with Crippen molar-refractivity contribution in [2.75, 3.05) is 17.2 Å². The quantitative estimate of drug-likeness (QED) is 0.683. The van der Waals surface area contributed by atoms with Crippen LogP contribution in [0.25, 0.3) is 0 Å². The van der Waals surface area contributed by atoms with Gasteiger partial charge in [0.05, 0.1) is 4.88 Å². The number of hydrogen-bond acceptors (Lipinski definition) is 5. The molecule has 3 rings (SSSR count). The van der Waals surface area contributed by atoms with Crippen molar-refractivity contribution in [2.24, 2.45) is 11.8 Å². The third-order valence-electron chi connectivity index (χ3n) is 5.28. The maximum Gasteiger partial charge on any atom is 0.330 e. The fourth-order valence-electron chi connectivity index (χ4n) is 3.93. The number of amides is 1. The topological polar surface area (TPSA) is 101 Å². The van der Waals surface area contributed by atoms with Gasteiger partial charge in [-0.15, -0.1) is 11.3 Å². The molecule has 2 heterocycles. The molecule has 2 aromatic rings. The van der Waals surface area contributed by atoms with Gasteiger partial charge in [-0.3, -0.25) is 24.0 Å². The first-order valence-corrected chi connectivity index (χ1v) is 11.6. The number of carbonyl (C=O) groups excluding carboxylic acids is 1. The minimum Gasteiger partial charge on any atom is -0.383 e. The molecule has 0 atom stereocenters. The molecule has 2 aromatic heterocycles. The molecule has 164 valence electrons. The van der Waals surface area contributed by atoms with Crippen molar-refractivity contribution >= 4 is 28.7 Å². The van der Waals surface area contributed by atoms with Crippen LogP contribution >= 0.6 is 11.3 Å². The Balaban J connectivity index is 2.08. The number of nitrogen functional groups attached to an aromatic ring is 1. The predicted octanol–water partition coefficient (Wildman–Crippen LogP) is 3.41. The lowest BCUT2D eigenvalue weighted by Crippen LogP contribution is -2.42. The SMILES string of the molecule is CC(C)CN(C(=O)c1cc2c(s1)CCCCC2)c1c(N)n(CC(C)C)c(=O)[nH]c1=O. The van der Waals surface area contributed by atoms with Crippen LogP contribution in [0.3, 0.4) is 0 Å². The molecule has 0 fully saturated rings. The Hall–Kier alpha value is -2.35.